The highest BCUT2D eigenvalue weighted by atomic mass is 14.9. The molecule has 31 heavy (non-hydrogen) atoms. The van der Waals surface area contributed by atoms with Gasteiger partial charge in [0, 0.05) is 11.1 Å². The molecule has 0 amide bonds. The largest absolute Gasteiger partial charge is 0.228 e. The van der Waals surface area contributed by atoms with E-state index in [1.54, 1.807) is 0 Å². The zero-order valence-corrected chi connectivity index (χ0v) is 17.6. The fourth-order valence-electron chi connectivity index (χ4n) is 3.99. The first kappa shape index (κ1) is 19.2. The molecule has 0 N–H and O–H groups in total. The Morgan fingerprint density at radius 1 is 0.613 bits per heavy atom. The van der Waals surface area contributed by atoms with Gasteiger partial charge in [-0.2, -0.15) is 0 Å². The lowest BCUT2D eigenvalue weighted by Crippen LogP contribution is -1.99. The lowest BCUT2D eigenvalue weighted by atomic mass is 9.99. The van der Waals surface area contributed by atoms with Crippen LogP contribution in [0.25, 0.3) is 39.3 Å². The Morgan fingerprint density at radius 3 is 2.00 bits per heavy atom. The molecule has 2 heteroatoms. The van der Waals surface area contributed by atoms with Gasteiger partial charge in [0.05, 0.1) is 11.4 Å². The summed E-state index contributed by atoms with van der Waals surface area (Å²) in [7, 11) is 0. The van der Waals surface area contributed by atoms with Gasteiger partial charge in [-0.1, -0.05) is 85.0 Å². The van der Waals surface area contributed by atoms with Crippen LogP contribution < -0.4 is 0 Å². The van der Waals surface area contributed by atoms with Crippen molar-refractivity contribution in [2.24, 2.45) is 0 Å². The Kier molecular flexibility index (Phi) is 5.28. The van der Waals surface area contributed by atoms with E-state index in [0.717, 1.165) is 41.2 Å². The van der Waals surface area contributed by atoms with Crippen LogP contribution in [0.3, 0.4) is 0 Å². The molecule has 0 atom stereocenters. The van der Waals surface area contributed by atoms with E-state index >= 15 is 0 Å². The maximum atomic E-state index is 5.00. The maximum Gasteiger partial charge on any atom is 0.160 e. The Labute approximate surface area is 183 Å². The summed E-state index contributed by atoms with van der Waals surface area (Å²) in [4.78, 5) is 9.98. The van der Waals surface area contributed by atoms with Crippen molar-refractivity contribution in [3.8, 4) is 33.8 Å². The number of aromatic nitrogens is 2. The van der Waals surface area contributed by atoms with Gasteiger partial charge in [0.2, 0.25) is 0 Å². The second-order valence-electron chi connectivity index (χ2n) is 7.92. The normalized spacial score (nSPS) is 13.1. The molecule has 1 heterocycles. The van der Waals surface area contributed by atoms with E-state index < -0.39 is 0 Å². The Morgan fingerprint density at radius 2 is 1.29 bits per heavy atom. The van der Waals surface area contributed by atoms with Gasteiger partial charge < -0.3 is 0 Å². The van der Waals surface area contributed by atoms with Crippen LogP contribution in [-0.2, 0) is 0 Å². The summed E-state index contributed by atoms with van der Waals surface area (Å²) in [6, 6.07) is 29.5. The van der Waals surface area contributed by atoms with Crippen LogP contribution >= 0.6 is 0 Å². The van der Waals surface area contributed by atoms with Crippen LogP contribution in [0.1, 0.15) is 24.1 Å². The van der Waals surface area contributed by atoms with Crippen molar-refractivity contribution < 1.29 is 0 Å². The Balaban J connectivity index is 1.68. The van der Waals surface area contributed by atoms with E-state index in [0.29, 0.717) is 0 Å². The molecule has 150 valence electrons. The Bertz CT molecular complexity index is 1270. The number of hydrogen-bond acceptors (Lipinski definition) is 2. The van der Waals surface area contributed by atoms with E-state index in [-0.39, 0.29) is 0 Å². The van der Waals surface area contributed by atoms with E-state index in [2.05, 4.69) is 97.9 Å². The summed E-state index contributed by atoms with van der Waals surface area (Å²) in [5, 5.41) is 0. The van der Waals surface area contributed by atoms with Crippen molar-refractivity contribution in [3.05, 3.63) is 114 Å². The van der Waals surface area contributed by atoms with Gasteiger partial charge in [-0.15, -0.1) is 0 Å². The predicted molar refractivity (Wildman–Crippen MR) is 129 cm³/mol. The number of benzene rings is 3. The van der Waals surface area contributed by atoms with Crippen molar-refractivity contribution in [2.45, 2.75) is 19.8 Å². The van der Waals surface area contributed by atoms with Gasteiger partial charge in [0.15, 0.2) is 5.82 Å². The molecule has 0 unspecified atom stereocenters. The lowest BCUT2D eigenvalue weighted by molar-refractivity contribution is 1.03. The number of rotatable bonds is 4. The highest BCUT2D eigenvalue weighted by molar-refractivity contribution is 5.78. The second-order valence-corrected chi connectivity index (χ2v) is 7.92. The standard InChI is InChI=1S/C29H24N2/c1-21-17-25(22-11-5-2-6-12-22)19-26(18-21)29-30-27(23-13-7-3-8-14-23)20-28(31-29)24-15-9-4-10-16-24/h2-3,5-9,11-20H,4,10H2,1H3. The number of hydrogen-bond donors (Lipinski definition) is 0. The van der Waals surface area contributed by atoms with Crippen molar-refractivity contribution >= 4 is 5.57 Å². The fraction of sp³-hybridized carbons (Fsp3) is 0.103. The first-order chi connectivity index (χ1) is 15.3. The SMILES string of the molecule is Cc1cc(-c2ccccc2)cc(-c2nc(C3=CCCC=C3)cc(-c3ccccc3)n2)c1. The number of allylic oxidation sites excluding steroid dienone is 4. The van der Waals surface area contributed by atoms with E-state index in [4.69, 9.17) is 9.97 Å². The van der Waals surface area contributed by atoms with Crippen LogP contribution in [0.4, 0.5) is 0 Å². The minimum Gasteiger partial charge on any atom is -0.228 e. The molecule has 0 spiro atoms. The molecule has 0 fully saturated rings. The van der Waals surface area contributed by atoms with Crippen molar-refractivity contribution in [1.29, 1.82) is 0 Å². The molecule has 0 radical (unpaired) electrons. The molecular weight excluding hydrogens is 376 g/mol. The molecular formula is C29H24N2. The van der Waals surface area contributed by atoms with Gasteiger partial charge in [0.25, 0.3) is 0 Å². The molecule has 0 aliphatic heterocycles. The van der Waals surface area contributed by atoms with Crippen LogP contribution in [0, 0.1) is 6.92 Å². The Hall–Kier alpha value is -3.78. The van der Waals surface area contributed by atoms with E-state index in [1.165, 1.54) is 22.3 Å². The topological polar surface area (TPSA) is 25.8 Å². The van der Waals surface area contributed by atoms with Gasteiger partial charge in [-0.05, 0) is 60.2 Å². The van der Waals surface area contributed by atoms with Crippen LogP contribution in [0.2, 0.25) is 0 Å². The third-order valence-electron chi connectivity index (χ3n) is 5.53. The minimum atomic E-state index is 0.761. The van der Waals surface area contributed by atoms with Crippen LogP contribution in [0.5, 0.6) is 0 Å². The minimum absolute atomic E-state index is 0.761. The van der Waals surface area contributed by atoms with E-state index in [1.807, 2.05) is 12.1 Å². The lowest BCUT2D eigenvalue weighted by Gasteiger charge is -2.13. The maximum absolute atomic E-state index is 5.00. The third-order valence-corrected chi connectivity index (χ3v) is 5.53. The molecule has 1 aromatic heterocycles. The van der Waals surface area contributed by atoms with Crippen molar-refractivity contribution in [3.63, 3.8) is 0 Å². The highest BCUT2D eigenvalue weighted by Gasteiger charge is 2.13. The quantitative estimate of drug-likeness (QED) is 0.354. The third kappa shape index (κ3) is 4.24. The van der Waals surface area contributed by atoms with E-state index in [9.17, 15) is 0 Å². The second kappa shape index (κ2) is 8.53. The highest BCUT2D eigenvalue weighted by Crippen LogP contribution is 2.30. The van der Waals surface area contributed by atoms with Gasteiger partial charge in [-0.25, -0.2) is 9.97 Å². The smallest absolute Gasteiger partial charge is 0.160 e. The molecule has 3 aromatic carbocycles. The summed E-state index contributed by atoms with van der Waals surface area (Å²) in [5.41, 5.74) is 8.81. The zero-order chi connectivity index (χ0) is 21.0. The van der Waals surface area contributed by atoms with Crippen molar-refractivity contribution in [1.82, 2.24) is 9.97 Å². The first-order valence-electron chi connectivity index (χ1n) is 10.8. The van der Waals surface area contributed by atoms with Crippen LogP contribution in [0.15, 0.2) is 103 Å². The summed E-state index contributed by atoms with van der Waals surface area (Å²) < 4.78 is 0. The number of aryl methyl sites for hydroxylation is 1. The molecule has 0 bridgehead atoms. The molecule has 0 saturated carbocycles. The summed E-state index contributed by atoms with van der Waals surface area (Å²) in [6.45, 7) is 2.13. The molecule has 1 aliphatic carbocycles. The summed E-state index contributed by atoms with van der Waals surface area (Å²) in [6.07, 6.45) is 8.81. The molecule has 5 rings (SSSR count). The number of nitrogens with zero attached hydrogens (tertiary/aromatic N) is 2. The average molecular weight is 401 g/mol. The van der Waals surface area contributed by atoms with Crippen molar-refractivity contribution in [2.75, 3.05) is 0 Å². The molecule has 0 saturated heterocycles. The molecule has 1 aliphatic rings. The van der Waals surface area contributed by atoms with Gasteiger partial charge >= 0.3 is 0 Å². The van der Waals surface area contributed by atoms with Gasteiger partial charge in [0.1, 0.15) is 0 Å². The molecule has 4 aromatic rings. The van der Waals surface area contributed by atoms with Gasteiger partial charge in [-0.3, -0.25) is 0 Å². The average Bonchev–Trinajstić information content (AvgIpc) is 2.85. The summed E-state index contributed by atoms with van der Waals surface area (Å²) in [5.74, 6) is 0.761. The molecule has 2 nitrogen and oxygen atoms in total. The first-order valence-corrected chi connectivity index (χ1v) is 10.8. The zero-order valence-electron chi connectivity index (χ0n) is 17.6. The van der Waals surface area contributed by atoms with Crippen LogP contribution in [-0.4, -0.2) is 9.97 Å². The predicted octanol–water partition coefficient (Wildman–Crippen LogP) is 7.52. The summed E-state index contributed by atoms with van der Waals surface area (Å²) >= 11 is 0. The fourth-order valence-corrected chi connectivity index (χ4v) is 3.99. The monoisotopic (exact) mass is 400 g/mol.